The van der Waals surface area contributed by atoms with E-state index in [1.165, 1.54) is 6.92 Å². The van der Waals surface area contributed by atoms with Crippen molar-refractivity contribution in [2.75, 3.05) is 5.88 Å². The fourth-order valence-corrected chi connectivity index (χ4v) is 1.99. The van der Waals surface area contributed by atoms with Gasteiger partial charge in [-0.25, -0.2) is 0 Å². The maximum absolute atomic E-state index is 11.7. The van der Waals surface area contributed by atoms with Crippen LogP contribution in [0.2, 0.25) is 0 Å². The lowest BCUT2D eigenvalue weighted by Gasteiger charge is -2.23. The molecule has 0 saturated heterocycles. The summed E-state index contributed by atoms with van der Waals surface area (Å²) < 4.78 is 0. The Labute approximate surface area is 101 Å². The molecule has 0 saturated carbocycles. The zero-order valence-corrected chi connectivity index (χ0v) is 10.2. The number of hydrogen-bond donors (Lipinski definition) is 0. The molecule has 16 heavy (non-hydrogen) atoms. The molecule has 0 spiro atoms. The van der Waals surface area contributed by atoms with Gasteiger partial charge in [0.1, 0.15) is 5.41 Å². The van der Waals surface area contributed by atoms with E-state index in [1.807, 2.05) is 31.2 Å². The molecule has 1 aromatic rings. The number of nitrogens with zero attached hydrogens (tertiary/aromatic N) is 1. The molecule has 0 fully saturated rings. The third kappa shape index (κ3) is 2.25. The predicted octanol–water partition coefficient (Wildman–Crippen LogP) is 2.97. The standard InChI is InChI=1S/C13H14ClNO/c1-10-3-5-12(6-4-10)13(9-15,7-8-14)11(2)16/h3-6H,7-8H2,1-2H3. The van der Waals surface area contributed by atoms with E-state index in [0.29, 0.717) is 12.3 Å². The van der Waals surface area contributed by atoms with Crippen molar-refractivity contribution >= 4 is 17.4 Å². The summed E-state index contributed by atoms with van der Waals surface area (Å²) in [4.78, 5) is 11.7. The zero-order chi connectivity index (χ0) is 12.2. The van der Waals surface area contributed by atoms with Crippen LogP contribution in [0.4, 0.5) is 0 Å². The minimum atomic E-state index is -1.09. The molecule has 0 radical (unpaired) electrons. The Balaban J connectivity index is 3.26. The lowest BCUT2D eigenvalue weighted by Crippen LogP contribution is -2.33. The second kappa shape index (κ2) is 5.14. The summed E-state index contributed by atoms with van der Waals surface area (Å²) in [6.45, 7) is 3.41. The highest BCUT2D eigenvalue weighted by Crippen LogP contribution is 2.29. The van der Waals surface area contributed by atoms with Crippen LogP contribution in [0.25, 0.3) is 0 Å². The Morgan fingerprint density at radius 2 is 2.00 bits per heavy atom. The van der Waals surface area contributed by atoms with Gasteiger partial charge >= 0.3 is 0 Å². The van der Waals surface area contributed by atoms with Crippen LogP contribution in [-0.2, 0) is 10.2 Å². The summed E-state index contributed by atoms with van der Waals surface area (Å²) in [5.41, 5.74) is 0.744. The van der Waals surface area contributed by atoms with Crippen molar-refractivity contribution in [3.8, 4) is 6.07 Å². The number of rotatable bonds is 4. The first kappa shape index (κ1) is 12.7. The smallest absolute Gasteiger partial charge is 0.154 e. The first-order valence-corrected chi connectivity index (χ1v) is 5.65. The zero-order valence-electron chi connectivity index (χ0n) is 9.46. The summed E-state index contributed by atoms with van der Waals surface area (Å²) in [5.74, 6) is 0.139. The van der Waals surface area contributed by atoms with E-state index < -0.39 is 5.41 Å². The number of carbonyl (C=O) groups excluding carboxylic acids is 1. The van der Waals surface area contributed by atoms with Gasteiger partial charge in [-0.15, -0.1) is 11.6 Å². The van der Waals surface area contributed by atoms with Crippen LogP contribution in [0, 0.1) is 18.3 Å². The summed E-state index contributed by atoms with van der Waals surface area (Å²) in [6.07, 6.45) is 0.351. The topological polar surface area (TPSA) is 40.9 Å². The van der Waals surface area contributed by atoms with Crippen molar-refractivity contribution in [3.05, 3.63) is 35.4 Å². The fraction of sp³-hybridized carbons (Fsp3) is 0.385. The van der Waals surface area contributed by atoms with E-state index in [4.69, 9.17) is 11.6 Å². The van der Waals surface area contributed by atoms with Crippen LogP contribution in [0.15, 0.2) is 24.3 Å². The van der Waals surface area contributed by atoms with Gasteiger partial charge in [-0.1, -0.05) is 29.8 Å². The average Bonchev–Trinajstić information content (AvgIpc) is 2.27. The second-order valence-corrected chi connectivity index (χ2v) is 4.26. The summed E-state index contributed by atoms with van der Waals surface area (Å²) in [5, 5.41) is 9.27. The summed E-state index contributed by atoms with van der Waals surface area (Å²) >= 11 is 5.69. The van der Waals surface area contributed by atoms with Crippen LogP contribution in [0.3, 0.4) is 0 Å². The van der Waals surface area contributed by atoms with Crippen LogP contribution in [-0.4, -0.2) is 11.7 Å². The maximum atomic E-state index is 11.7. The Kier molecular flexibility index (Phi) is 4.09. The van der Waals surface area contributed by atoms with Crippen LogP contribution < -0.4 is 0 Å². The predicted molar refractivity (Wildman–Crippen MR) is 64.5 cm³/mol. The van der Waals surface area contributed by atoms with E-state index in [9.17, 15) is 10.1 Å². The third-order valence-electron chi connectivity index (χ3n) is 2.81. The number of aryl methyl sites for hydroxylation is 1. The lowest BCUT2D eigenvalue weighted by atomic mass is 9.76. The maximum Gasteiger partial charge on any atom is 0.154 e. The minimum Gasteiger partial charge on any atom is -0.298 e. The molecule has 1 atom stereocenters. The van der Waals surface area contributed by atoms with Crippen LogP contribution in [0.5, 0.6) is 0 Å². The number of halogens is 1. The SMILES string of the molecule is CC(=O)C(C#N)(CCCl)c1ccc(C)cc1. The molecule has 2 nitrogen and oxygen atoms in total. The number of benzene rings is 1. The monoisotopic (exact) mass is 235 g/mol. The van der Waals surface area contributed by atoms with Crippen molar-refractivity contribution < 1.29 is 4.79 Å². The Hall–Kier alpha value is -1.33. The number of hydrogen-bond acceptors (Lipinski definition) is 2. The van der Waals surface area contributed by atoms with Gasteiger partial charge in [-0.3, -0.25) is 4.79 Å². The highest BCUT2D eigenvalue weighted by atomic mass is 35.5. The molecular formula is C13H14ClNO. The fourth-order valence-electron chi connectivity index (χ4n) is 1.70. The number of ketones is 1. The molecule has 0 bridgehead atoms. The lowest BCUT2D eigenvalue weighted by molar-refractivity contribution is -0.120. The highest BCUT2D eigenvalue weighted by molar-refractivity contribution is 6.18. The third-order valence-corrected chi connectivity index (χ3v) is 2.99. The number of Topliss-reactive ketones (excluding diaryl/α,β-unsaturated/α-hetero) is 1. The van der Waals surface area contributed by atoms with E-state index in [0.717, 1.165) is 11.1 Å². The van der Waals surface area contributed by atoms with Crippen LogP contribution in [0.1, 0.15) is 24.5 Å². The van der Waals surface area contributed by atoms with Gasteiger partial charge < -0.3 is 0 Å². The van der Waals surface area contributed by atoms with Crippen molar-refractivity contribution in [1.29, 1.82) is 5.26 Å². The van der Waals surface area contributed by atoms with Gasteiger partial charge in [0.25, 0.3) is 0 Å². The van der Waals surface area contributed by atoms with Crippen molar-refractivity contribution in [2.45, 2.75) is 25.7 Å². The average molecular weight is 236 g/mol. The number of alkyl halides is 1. The van der Waals surface area contributed by atoms with E-state index in [1.54, 1.807) is 0 Å². The van der Waals surface area contributed by atoms with Gasteiger partial charge in [-0.2, -0.15) is 5.26 Å². The highest BCUT2D eigenvalue weighted by Gasteiger charge is 2.36. The van der Waals surface area contributed by atoms with Gasteiger partial charge in [0.15, 0.2) is 5.78 Å². The molecule has 3 heteroatoms. The van der Waals surface area contributed by atoms with Crippen LogP contribution >= 0.6 is 11.6 Å². The van der Waals surface area contributed by atoms with Gasteiger partial charge in [0, 0.05) is 5.88 Å². The quantitative estimate of drug-likeness (QED) is 0.753. The normalized spacial score (nSPS) is 13.9. The van der Waals surface area contributed by atoms with E-state index in [-0.39, 0.29) is 5.78 Å². The molecule has 0 N–H and O–H groups in total. The first-order chi connectivity index (χ1) is 7.56. The molecule has 0 aliphatic heterocycles. The molecule has 0 amide bonds. The molecule has 0 heterocycles. The number of carbonyl (C=O) groups is 1. The molecule has 0 aliphatic carbocycles. The molecule has 1 unspecified atom stereocenters. The molecule has 1 rings (SSSR count). The Morgan fingerprint density at radius 3 is 2.38 bits per heavy atom. The molecule has 0 aliphatic rings. The minimum absolute atomic E-state index is 0.153. The summed E-state index contributed by atoms with van der Waals surface area (Å²) in [7, 11) is 0. The van der Waals surface area contributed by atoms with E-state index in [2.05, 4.69) is 6.07 Å². The Bertz CT molecular complexity index is 419. The van der Waals surface area contributed by atoms with Crippen molar-refractivity contribution in [1.82, 2.24) is 0 Å². The number of nitriles is 1. The van der Waals surface area contributed by atoms with Crippen molar-refractivity contribution in [2.24, 2.45) is 0 Å². The van der Waals surface area contributed by atoms with Gasteiger partial charge in [-0.05, 0) is 25.8 Å². The van der Waals surface area contributed by atoms with Gasteiger partial charge in [0.05, 0.1) is 6.07 Å². The first-order valence-electron chi connectivity index (χ1n) is 5.12. The Morgan fingerprint density at radius 1 is 1.44 bits per heavy atom. The molecule has 1 aromatic carbocycles. The molecular weight excluding hydrogens is 222 g/mol. The van der Waals surface area contributed by atoms with Crippen molar-refractivity contribution in [3.63, 3.8) is 0 Å². The van der Waals surface area contributed by atoms with Gasteiger partial charge in [0.2, 0.25) is 0 Å². The van der Waals surface area contributed by atoms with E-state index >= 15 is 0 Å². The second-order valence-electron chi connectivity index (χ2n) is 3.88. The molecule has 0 aromatic heterocycles. The molecule has 84 valence electrons. The summed E-state index contributed by atoms with van der Waals surface area (Å²) in [6, 6.07) is 9.57. The largest absolute Gasteiger partial charge is 0.298 e.